The van der Waals surface area contributed by atoms with E-state index in [0.717, 1.165) is 5.69 Å². The summed E-state index contributed by atoms with van der Waals surface area (Å²) >= 11 is 4.90. The summed E-state index contributed by atoms with van der Waals surface area (Å²) in [6.07, 6.45) is 0. The lowest BCUT2D eigenvalue weighted by Gasteiger charge is -2.06. The summed E-state index contributed by atoms with van der Waals surface area (Å²) in [5.74, 6) is -0.219. The number of aromatic nitrogens is 2. The lowest BCUT2D eigenvalue weighted by Crippen LogP contribution is -2.16. The third-order valence-electron chi connectivity index (χ3n) is 2.64. The van der Waals surface area contributed by atoms with Gasteiger partial charge in [0, 0.05) is 18.3 Å². The van der Waals surface area contributed by atoms with E-state index in [0.29, 0.717) is 21.9 Å². The van der Waals surface area contributed by atoms with Crippen molar-refractivity contribution in [3.05, 3.63) is 47.3 Å². The van der Waals surface area contributed by atoms with Crippen LogP contribution in [0.2, 0.25) is 0 Å². The van der Waals surface area contributed by atoms with Gasteiger partial charge >= 0.3 is 0 Å². The molecule has 3 N–H and O–H groups in total. The van der Waals surface area contributed by atoms with Gasteiger partial charge in [0.05, 0.1) is 5.69 Å². The largest absolute Gasteiger partial charge is 0.389 e. The molecule has 0 fully saturated rings. The Morgan fingerprint density at radius 1 is 1.42 bits per heavy atom. The number of rotatable bonds is 3. The third-order valence-corrected chi connectivity index (χ3v) is 2.88. The van der Waals surface area contributed by atoms with Crippen molar-refractivity contribution < 1.29 is 4.79 Å². The first-order chi connectivity index (χ1) is 8.97. The molecule has 2 aromatic rings. The van der Waals surface area contributed by atoms with Crippen molar-refractivity contribution in [3.8, 4) is 0 Å². The normalized spacial score (nSPS) is 10.2. The number of thiocarbonyl (C=S) groups is 1. The molecule has 98 valence electrons. The van der Waals surface area contributed by atoms with Gasteiger partial charge in [-0.1, -0.05) is 24.4 Å². The fraction of sp³-hybridized carbons (Fsp3) is 0.154. The van der Waals surface area contributed by atoms with Crippen LogP contribution in [0.3, 0.4) is 0 Å². The maximum absolute atomic E-state index is 12.1. The Morgan fingerprint density at radius 2 is 2.16 bits per heavy atom. The molecule has 0 saturated heterocycles. The van der Waals surface area contributed by atoms with Crippen molar-refractivity contribution >= 4 is 28.8 Å². The molecule has 5 nitrogen and oxygen atoms in total. The Labute approximate surface area is 116 Å². The molecule has 2 rings (SSSR count). The number of aryl methyl sites for hydroxylation is 2. The Morgan fingerprint density at radius 3 is 2.74 bits per heavy atom. The monoisotopic (exact) mass is 274 g/mol. The maximum Gasteiger partial charge on any atom is 0.273 e. The number of carbonyl (C=O) groups is 1. The first kappa shape index (κ1) is 13.2. The molecular formula is C13H14N4OS. The number of hydrogen-bond donors (Lipinski definition) is 2. The van der Waals surface area contributed by atoms with Crippen molar-refractivity contribution in [2.24, 2.45) is 12.8 Å². The molecule has 0 radical (unpaired) electrons. The molecule has 0 unspecified atom stereocenters. The number of amides is 1. The van der Waals surface area contributed by atoms with E-state index < -0.39 is 0 Å². The predicted octanol–water partition coefficient (Wildman–Crippen LogP) is 1.62. The van der Waals surface area contributed by atoms with Gasteiger partial charge in [-0.3, -0.25) is 9.48 Å². The van der Waals surface area contributed by atoms with Gasteiger partial charge < -0.3 is 11.1 Å². The molecule has 0 saturated carbocycles. The molecule has 0 bridgehead atoms. The Balaban J connectivity index is 2.21. The van der Waals surface area contributed by atoms with Gasteiger partial charge in [-0.2, -0.15) is 5.10 Å². The maximum atomic E-state index is 12.1. The summed E-state index contributed by atoms with van der Waals surface area (Å²) in [5.41, 5.74) is 8.21. The average molecular weight is 274 g/mol. The zero-order chi connectivity index (χ0) is 14.0. The van der Waals surface area contributed by atoms with Gasteiger partial charge in [-0.25, -0.2) is 0 Å². The summed E-state index contributed by atoms with van der Waals surface area (Å²) in [4.78, 5) is 12.4. The molecule has 19 heavy (non-hydrogen) atoms. The average Bonchev–Trinajstić information content (AvgIpc) is 2.69. The van der Waals surface area contributed by atoms with Crippen molar-refractivity contribution in [2.75, 3.05) is 5.32 Å². The summed E-state index contributed by atoms with van der Waals surface area (Å²) in [6.45, 7) is 1.84. The molecule has 1 aromatic carbocycles. The highest BCUT2D eigenvalue weighted by Crippen LogP contribution is 2.12. The highest BCUT2D eigenvalue weighted by molar-refractivity contribution is 7.80. The Kier molecular flexibility index (Phi) is 3.62. The SMILES string of the molecule is Cc1cc(C(=O)Nc2cccc(C(N)=S)c2)n(C)n1. The van der Waals surface area contributed by atoms with Gasteiger partial charge in [0.25, 0.3) is 5.91 Å². The molecule has 0 aliphatic rings. The van der Waals surface area contributed by atoms with E-state index in [1.807, 2.05) is 6.92 Å². The zero-order valence-corrected chi connectivity index (χ0v) is 11.5. The van der Waals surface area contributed by atoms with E-state index in [1.165, 1.54) is 0 Å². The molecule has 0 atom stereocenters. The minimum Gasteiger partial charge on any atom is -0.389 e. The second-order valence-electron chi connectivity index (χ2n) is 4.19. The zero-order valence-electron chi connectivity index (χ0n) is 10.7. The summed E-state index contributed by atoms with van der Waals surface area (Å²) in [7, 11) is 1.73. The van der Waals surface area contributed by atoms with Gasteiger partial charge in [0.1, 0.15) is 10.7 Å². The fourth-order valence-corrected chi connectivity index (χ4v) is 1.90. The van der Waals surface area contributed by atoms with Crippen LogP contribution in [-0.2, 0) is 7.05 Å². The van der Waals surface area contributed by atoms with Crippen molar-refractivity contribution in [3.63, 3.8) is 0 Å². The second-order valence-corrected chi connectivity index (χ2v) is 4.63. The van der Waals surface area contributed by atoms with Crippen LogP contribution in [0.5, 0.6) is 0 Å². The second kappa shape index (κ2) is 5.19. The number of nitrogens with one attached hydrogen (secondary N) is 1. The fourth-order valence-electron chi connectivity index (χ4n) is 1.77. The molecule has 0 aliphatic heterocycles. The lowest BCUT2D eigenvalue weighted by molar-refractivity contribution is 0.101. The van der Waals surface area contributed by atoms with Crippen molar-refractivity contribution in [2.45, 2.75) is 6.92 Å². The van der Waals surface area contributed by atoms with E-state index >= 15 is 0 Å². The molecule has 0 spiro atoms. The van der Waals surface area contributed by atoms with Crippen LogP contribution in [0.1, 0.15) is 21.7 Å². The lowest BCUT2D eigenvalue weighted by atomic mass is 10.2. The van der Waals surface area contributed by atoms with Crippen LogP contribution in [0.15, 0.2) is 30.3 Å². The van der Waals surface area contributed by atoms with Crippen LogP contribution in [0.4, 0.5) is 5.69 Å². The molecular weight excluding hydrogens is 260 g/mol. The smallest absolute Gasteiger partial charge is 0.273 e. The number of nitrogens with two attached hydrogens (primary N) is 1. The first-order valence-electron chi connectivity index (χ1n) is 5.69. The van der Waals surface area contributed by atoms with Crippen LogP contribution in [-0.4, -0.2) is 20.7 Å². The van der Waals surface area contributed by atoms with Gasteiger partial charge in [0.15, 0.2) is 0 Å². The predicted molar refractivity (Wildman–Crippen MR) is 78.2 cm³/mol. The minimum atomic E-state index is -0.219. The number of nitrogens with zero attached hydrogens (tertiary/aromatic N) is 2. The topological polar surface area (TPSA) is 72.9 Å². The number of hydrogen-bond acceptors (Lipinski definition) is 3. The van der Waals surface area contributed by atoms with Crippen molar-refractivity contribution in [1.82, 2.24) is 9.78 Å². The Bertz CT molecular complexity index is 648. The first-order valence-corrected chi connectivity index (χ1v) is 6.10. The standard InChI is InChI=1S/C13H14N4OS/c1-8-6-11(17(2)16-8)13(18)15-10-5-3-4-9(7-10)12(14)19/h3-7H,1-2H3,(H2,14,19)(H,15,18). The van der Waals surface area contributed by atoms with E-state index in [9.17, 15) is 4.79 Å². The van der Waals surface area contributed by atoms with Crippen LogP contribution >= 0.6 is 12.2 Å². The van der Waals surface area contributed by atoms with E-state index in [4.69, 9.17) is 18.0 Å². The molecule has 1 heterocycles. The van der Waals surface area contributed by atoms with Gasteiger partial charge in [-0.15, -0.1) is 0 Å². The van der Waals surface area contributed by atoms with Crippen LogP contribution in [0, 0.1) is 6.92 Å². The van der Waals surface area contributed by atoms with E-state index in [1.54, 1.807) is 42.1 Å². The number of benzene rings is 1. The van der Waals surface area contributed by atoms with Crippen molar-refractivity contribution in [1.29, 1.82) is 0 Å². The van der Waals surface area contributed by atoms with Crippen LogP contribution in [0.25, 0.3) is 0 Å². The molecule has 1 amide bonds. The summed E-state index contributed by atoms with van der Waals surface area (Å²) < 4.78 is 1.54. The highest BCUT2D eigenvalue weighted by atomic mass is 32.1. The van der Waals surface area contributed by atoms with Gasteiger partial charge in [-0.05, 0) is 25.1 Å². The van der Waals surface area contributed by atoms with Gasteiger partial charge in [0.2, 0.25) is 0 Å². The third kappa shape index (κ3) is 2.97. The summed E-state index contributed by atoms with van der Waals surface area (Å²) in [5, 5.41) is 6.93. The quantitative estimate of drug-likeness (QED) is 0.834. The highest BCUT2D eigenvalue weighted by Gasteiger charge is 2.12. The minimum absolute atomic E-state index is 0.219. The summed E-state index contributed by atoms with van der Waals surface area (Å²) in [6, 6.07) is 8.84. The Hall–Kier alpha value is -2.21. The van der Waals surface area contributed by atoms with Crippen LogP contribution < -0.4 is 11.1 Å². The number of carbonyl (C=O) groups excluding carboxylic acids is 1. The number of anilines is 1. The molecule has 0 aliphatic carbocycles. The van der Waals surface area contributed by atoms with E-state index in [-0.39, 0.29) is 5.91 Å². The molecule has 1 aromatic heterocycles. The van der Waals surface area contributed by atoms with E-state index in [2.05, 4.69) is 10.4 Å². The molecule has 6 heteroatoms.